The van der Waals surface area contributed by atoms with Crippen molar-refractivity contribution in [3.63, 3.8) is 0 Å². The highest BCUT2D eigenvalue weighted by Gasteiger charge is 2.39. The highest BCUT2D eigenvalue weighted by Crippen LogP contribution is 2.54. The summed E-state index contributed by atoms with van der Waals surface area (Å²) in [6.07, 6.45) is 1.33. The number of rotatable bonds is 2. The molecule has 1 heterocycles. The Morgan fingerprint density at radius 1 is 0.929 bits per heavy atom. The molecule has 0 saturated heterocycles. The van der Waals surface area contributed by atoms with Crippen molar-refractivity contribution in [1.29, 1.82) is 0 Å². The van der Waals surface area contributed by atoms with Crippen LogP contribution in [0, 0.1) is 0 Å². The Balaban J connectivity index is 1.81. The van der Waals surface area contributed by atoms with Crippen LogP contribution in [0.15, 0.2) is 47.2 Å². The molecule has 2 atom stereocenters. The summed E-state index contributed by atoms with van der Waals surface area (Å²) in [5.41, 5.74) is 3.03. The van der Waals surface area contributed by atoms with Crippen molar-refractivity contribution < 1.29 is 0 Å². The number of hydrogen-bond donors (Lipinski definition) is 0. The van der Waals surface area contributed by atoms with Crippen LogP contribution in [0.4, 0.5) is 0 Å². The van der Waals surface area contributed by atoms with Crippen LogP contribution in [-0.2, 0) is 0 Å². The second-order valence-corrected chi connectivity index (χ2v) is 4.70. The second kappa shape index (κ2) is 3.25. The van der Waals surface area contributed by atoms with Gasteiger partial charge >= 0.3 is 0 Å². The monoisotopic (exact) mass is 200 g/mol. The fraction of sp³-hybridized carbons (Fsp3) is 0.231. The topological polar surface area (TPSA) is 0 Å². The Kier molecular flexibility index (Phi) is 1.91. The zero-order valence-corrected chi connectivity index (χ0v) is 8.71. The summed E-state index contributed by atoms with van der Waals surface area (Å²) in [5.74, 6) is 1.58. The van der Waals surface area contributed by atoms with E-state index in [0.717, 1.165) is 11.8 Å². The first-order valence-corrected chi connectivity index (χ1v) is 5.96. The Morgan fingerprint density at radius 3 is 2.43 bits per heavy atom. The van der Waals surface area contributed by atoms with Crippen LogP contribution in [0.5, 0.6) is 0 Å². The standard InChI is InChI=1S/C13H12S/c1-2-4-10(5-3-1)12-8-13(12)11-6-7-14-9-11/h1-7,9,12-13H,8H2. The van der Waals surface area contributed by atoms with Gasteiger partial charge in [0.2, 0.25) is 0 Å². The third-order valence-electron chi connectivity index (χ3n) is 2.99. The summed E-state index contributed by atoms with van der Waals surface area (Å²) in [6.45, 7) is 0. The van der Waals surface area contributed by atoms with Gasteiger partial charge in [-0.3, -0.25) is 0 Å². The minimum atomic E-state index is 0.783. The molecular weight excluding hydrogens is 188 g/mol. The molecule has 0 radical (unpaired) electrons. The van der Waals surface area contributed by atoms with Crippen LogP contribution in [0.3, 0.4) is 0 Å². The largest absolute Gasteiger partial charge is 0.152 e. The van der Waals surface area contributed by atoms with E-state index in [1.54, 1.807) is 11.3 Å². The molecule has 1 aromatic carbocycles. The van der Waals surface area contributed by atoms with Crippen LogP contribution in [0.2, 0.25) is 0 Å². The Labute approximate surface area is 88.2 Å². The van der Waals surface area contributed by atoms with Gasteiger partial charge in [0.05, 0.1) is 0 Å². The van der Waals surface area contributed by atoms with Gasteiger partial charge in [-0.05, 0) is 46.2 Å². The van der Waals surface area contributed by atoms with E-state index in [-0.39, 0.29) is 0 Å². The van der Waals surface area contributed by atoms with E-state index in [0.29, 0.717) is 0 Å². The Hall–Kier alpha value is -1.08. The van der Waals surface area contributed by atoms with Crippen LogP contribution >= 0.6 is 11.3 Å². The molecular formula is C13H12S. The second-order valence-electron chi connectivity index (χ2n) is 3.92. The number of thiophene rings is 1. The van der Waals surface area contributed by atoms with Gasteiger partial charge in [0, 0.05) is 0 Å². The summed E-state index contributed by atoms with van der Waals surface area (Å²) < 4.78 is 0. The van der Waals surface area contributed by atoms with E-state index >= 15 is 0 Å². The summed E-state index contributed by atoms with van der Waals surface area (Å²) in [7, 11) is 0. The fourth-order valence-corrected chi connectivity index (χ4v) is 2.84. The molecule has 1 aromatic heterocycles. The number of benzene rings is 1. The molecule has 70 valence electrons. The molecule has 1 aliphatic rings. The van der Waals surface area contributed by atoms with E-state index in [1.807, 2.05) is 0 Å². The van der Waals surface area contributed by atoms with Crippen molar-refractivity contribution in [1.82, 2.24) is 0 Å². The first kappa shape index (κ1) is 8.25. The first-order valence-electron chi connectivity index (χ1n) is 5.02. The van der Waals surface area contributed by atoms with Crippen molar-refractivity contribution >= 4 is 11.3 Å². The summed E-state index contributed by atoms with van der Waals surface area (Å²) >= 11 is 1.81. The van der Waals surface area contributed by atoms with Crippen molar-refractivity contribution in [2.24, 2.45) is 0 Å². The molecule has 2 unspecified atom stereocenters. The summed E-state index contributed by atoms with van der Waals surface area (Å²) in [4.78, 5) is 0. The first-order chi connectivity index (χ1) is 6.95. The minimum absolute atomic E-state index is 0.783. The van der Waals surface area contributed by atoms with Crippen LogP contribution < -0.4 is 0 Å². The maximum absolute atomic E-state index is 2.29. The van der Waals surface area contributed by atoms with Crippen molar-refractivity contribution in [2.75, 3.05) is 0 Å². The molecule has 0 aliphatic heterocycles. The van der Waals surface area contributed by atoms with E-state index in [9.17, 15) is 0 Å². The molecule has 0 bridgehead atoms. The predicted octanol–water partition coefficient (Wildman–Crippen LogP) is 4.02. The number of hydrogen-bond acceptors (Lipinski definition) is 1. The highest BCUT2D eigenvalue weighted by atomic mass is 32.1. The predicted molar refractivity (Wildman–Crippen MR) is 60.9 cm³/mol. The molecule has 14 heavy (non-hydrogen) atoms. The van der Waals surface area contributed by atoms with Crippen LogP contribution in [0.25, 0.3) is 0 Å². The average Bonchev–Trinajstić information content (AvgIpc) is 2.87. The molecule has 0 amide bonds. The molecule has 1 heteroatoms. The lowest BCUT2D eigenvalue weighted by Crippen LogP contribution is -1.80. The Morgan fingerprint density at radius 2 is 1.71 bits per heavy atom. The quantitative estimate of drug-likeness (QED) is 0.687. The van der Waals surface area contributed by atoms with Gasteiger partial charge in [-0.1, -0.05) is 30.3 Å². The zero-order valence-electron chi connectivity index (χ0n) is 7.89. The molecule has 2 aromatic rings. The third kappa shape index (κ3) is 1.38. The van der Waals surface area contributed by atoms with E-state index < -0.39 is 0 Å². The van der Waals surface area contributed by atoms with Gasteiger partial charge in [0.25, 0.3) is 0 Å². The van der Waals surface area contributed by atoms with Crippen molar-refractivity contribution in [3.8, 4) is 0 Å². The minimum Gasteiger partial charge on any atom is -0.152 e. The van der Waals surface area contributed by atoms with Crippen LogP contribution in [-0.4, -0.2) is 0 Å². The van der Waals surface area contributed by atoms with Gasteiger partial charge in [-0.2, -0.15) is 11.3 Å². The molecule has 0 spiro atoms. The molecule has 1 aliphatic carbocycles. The zero-order chi connectivity index (χ0) is 9.38. The lowest BCUT2D eigenvalue weighted by molar-refractivity contribution is 1.03. The van der Waals surface area contributed by atoms with Gasteiger partial charge in [-0.25, -0.2) is 0 Å². The summed E-state index contributed by atoms with van der Waals surface area (Å²) in [6, 6.07) is 13.1. The molecule has 1 saturated carbocycles. The third-order valence-corrected chi connectivity index (χ3v) is 3.69. The smallest absolute Gasteiger partial charge is 0.00582 e. The molecule has 0 nitrogen and oxygen atoms in total. The van der Waals surface area contributed by atoms with Gasteiger partial charge in [0.15, 0.2) is 0 Å². The van der Waals surface area contributed by atoms with E-state index in [2.05, 4.69) is 47.2 Å². The normalized spacial score (nSPS) is 24.9. The molecule has 3 rings (SSSR count). The Bertz CT molecular complexity index is 402. The molecule has 0 N–H and O–H groups in total. The lowest BCUT2D eigenvalue weighted by atomic mass is 10.1. The lowest BCUT2D eigenvalue weighted by Gasteiger charge is -1.97. The van der Waals surface area contributed by atoms with E-state index in [1.165, 1.54) is 17.5 Å². The van der Waals surface area contributed by atoms with Crippen molar-refractivity contribution in [3.05, 3.63) is 58.3 Å². The van der Waals surface area contributed by atoms with Crippen LogP contribution in [0.1, 0.15) is 29.4 Å². The highest BCUT2D eigenvalue weighted by molar-refractivity contribution is 7.08. The average molecular weight is 200 g/mol. The SMILES string of the molecule is c1ccc(C2CC2c2ccsc2)cc1. The van der Waals surface area contributed by atoms with Gasteiger partial charge < -0.3 is 0 Å². The van der Waals surface area contributed by atoms with E-state index in [4.69, 9.17) is 0 Å². The van der Waals surface area contributed by atoms with Gasteiger partial charge in [0.1, 0.15) is 0 Å². The maximum atomic E-state index is 2.29. The van der Waals surface area contributed by atoms with Gasteiger partial charge in [-0.15, -0.1) is 0 Å². The van der Waals surface area contributed by atoms with Crippen molar-refractivity contribution in [2.45, 2.75) is 18.3 Å². The fourth-order valence-electron chi connectivity index (χ4n) is 2.12. The summed E-state index contributed by atoms with van der Waals surface area (Å²) in [5, 5.41) is 4.46. The maximum Gasteiger partial charge on any atom is -0.00582 e. The molecule has 1 fully saturated rings.